The van der Waals surface area contributed by atoms with Crippen LogP contribution in [0.2, 0.25) is 0 Å². The van der Waals surface area contributed by atoms with Gasteiger partial charge in [0.1, 0.15) is 17.0 Å². The zero-order chi connectivity index (χ0) is 23.6. The van der Waals surface area contributed by atoms with Gasteiger partial charge in [0.25, 0.3) is 0 Å². The smallest absolute Gasteiger partial charge is 0.138 e. The van der Waals surface area contributed by atoms with Gasteiger partial charge in [0, 0.05) is 27.9 Å². The van der Waals surface area contributed by atoms with Crippen molar-refractivity contribution in [3.8, 4) is 11.3 Å². The maximum Gasteiger partial charge on any atom is 0.138 e. The van der Waals surface area contributed by atoms with Crippen molar-refractivity contribution in [2.24, 2.45) is 0 Å². The van der Waals surface area contributed by atoms with Crippen molar-refractivity contribution in [2.45, 2.75) is 39.5 Å². The Morgan fingerprint density at radius 3 is 2.24 bits per heavy atom. The SMILES string of the molecule is CC(C)c1cccc2c1oc1c(C(C)C)cc(-c3nccc4c3ccc3ccc(F)cc34)cc12. The molecule has 0 saturated carbocycles. The summed E-state index contributed by atoms with van der Waals surface area (Å²) in [5, 5.41) is 6.20. The first-order valence-electron chi connectivity index (χ1n) is 11.9. The average molecular weight is 448 g/mol. The first-order chi connectivity index (χ1) is 16.4. The van der Waals surface area contributed by atoms with E-state index in [9.17, 15) is 4.39 Å². The topological polar surface area (TPSA) is 26.0 Å². The highest BCUT2D eigenvalue weighted by Gasteiger charge is 2.19. The molecule has 6 aromatic rings. The molecule has 6 rings (SSSR count). The van der Waals surface area contributed by atoms with Crippen LogP contribution < -0.4 is 0 Å². The Morgan fingerprint density at radius 1 is 0.676 bits per heavy atom. The molecular weight excluding hydrogens is 421 g/mol. The quantitative estimate of drug-likeness (QED) is 0.253. The van der Waals surface area contributed by atoms with Crippen molar-refractivity contribution in [2.75, 3.05) is 0 Å². The highest BCUT2D eigenvalue weighted by atomic mass is 19.1. The van der Waals surface area contributed by atoms with Gasteiger partial charge in [-0.2, -0.15) is 0 Å². The van der Waals surface area contributed by atoms with Gasteiger partial charge in [-0.25, -0.2) is 4.39 Å². The number of furan rings is 1. The van der Waals surface area contributed by atoms with E-state index in [4.69, 9.17) is 9.40 Å². The number of aromatic nitrogens is 1. The summed E-state index contributed by atoms with van der Waals surface area (Å²) < 4.78 is 20.6. The number of rotatable bonds is 3. The van der Waals surface area contributed by atoms with Gasteiger partial charge in [-0.15, -0.1) is 0 Å². The summed E-state index contributed by atoms with van der Waals surface area (Å²) in [6, 6.07) is 21.9. The van der Waals surface area contributed by atoms with E-state index in [-0.39, 0.29) is 11.7 Å². The Balaban J connectivity index is 1.69. The molecule has 3 heteroatoms. The van der Waals surface area contributed by atoms with Crippen LogP contribution in [0.1, 0.15) is 50.7 Å². The molecule has 4 aromatic carbocycles. The van der Waals surface area contributed by atoms with Crippen molar-refractivity contribution >= 4 is 43.5 Å². The number of nitrogens with zero attached hydrogens (tertiary/aromatic N) is 1. The summed E-state index contributed by atoms with van der Waals surface area (Å²) in [5.41, 5.74) is 6.27. The fourth-order valence-electron chi connectivity index (χ4n) is 5.16. The lowest BCUT2D eigenvalue weighted by atomic mass is 9.93. The Bertz CT molecular complexity index is 1730. The molecule has 0 aliphatic rings. The van der Waals surface area contributed by atoms with Gasteiger partial charge in [-0.05, 0) is 69.5 Å². The van der Waals surface area contributed by atoms with Crippen molar-refractivity contribution in [1.82, 2.24) is 4.98 Å². The van der Waals surface area contributed by atoms with E-state index < -0.39 is 0 Å². The van der Waals surface area contributed by atoms with Crippen LogP contribution in [-0.2, 0) is 0 Å². The number of hydrogen-bond donors (Lipinski definition) is 0. The molecule has 0 amide bonds. The predicted octanol–water partition coefficient (Wildman–Crippen LogP) is 9.34. The lowest BCUT2D eigenvalue weighted by molar-refractivity contribution is 0.630. The fourth-order valence-corrected chi connectivity index (χ4v) is 5.16. The number of benzene rings is 4. The summed E-state index contributed by atoms with van der Waals surface area (Å²) in [6.45, 7) is 8.79. The van der Waals surface area contributed by atoms with E-state index in [0.29, 0.717) is 5.92 Å². The van der Waals surface area contributed by atoms with Gasteiger partial charge in [0.05, 0.1) is 5.69 Å². The second-order valence-electron chi connectivity index (χ2n) is 9.76. The predicted molar refractivity (Wildman–Crippen MR) is 140 cm³/mol. The van der Waals surface area contributed by atoms with Gasteiger partial charge in [0.15, 0.2) is 0 Å². The Labute approximate surface area is 198 Å². The minimum absolute atomic E-state index is 0.229. The summed E-state index contributed by atoms with van der Waals surface area (Å²) in [4.78, 5) is 4.80. The highest BCUT2D eigenvalue weighted by Crippen LogP contribution is 2.41. The molecule has 34 heavy (non-hydrogen) atoms. The Hall–Kier alpha value is -3.72. The van der Waals surface area contributed by atoms with Crippen LogP contribution in [-0.4, -0.2) is 4.98 Å². The molecule has 168 valence electrons. The van der Waals surface area contributed by atoms with Gasteiger partial charge in [0.2, 0.25) is 0 Å². The van der Waals surface area contributed by atoms with E-state index in [0.717, 1.165) is 54.7 Å². The lowest BCUT2D eigenvalue weighted by Gasteiger charge is -2.12. The van der Waals surface area contributed by atoms with E-state index in [2.05, 4.69) is 64.1 Å². The van der Waals surface area contributed by atoms with Crippen LogP contribution in [0.15, 0.2) is 77.3 Å². The van der Waals surface area contributed by atoms with Crippen molar-refractivity contribution in [3.63, 3.8) is 0 Å². The third-order valence-electron chi connectivity index (χ3n) is 6.90. The van der Waals surface area contributed by atoms with Crippen LogP contribution in [0.5, 0.6) is 0 Å². The molecule has 0 fully saturated rings. The summed E-state index contributed by atoms with van der Waals surface area (Å²) in [6.07, 6.45) is 1.82. The third-order valence-corrected chi connectivity index (χ3v) is 6.90. The summed E-state index contributed by atoms with van der Waals surface area (Å²) >= 11 is 0. The van der Waals surface area contributed by atoms with E-state index in [1.807, 2.05) is 24.4 Å². The molecule has 0 saturated heterocycles. The normalized spacial score (nSPS) is 12.2. The van der Waals surface area contributed by atoms with Crippen molar-refractivity contribution < 1.29 is 8.81 Å². The molecule has 0 bridgehead atoms. The van der Waals surface area contributed by atoms with Crippen LogP contribution in [0.25, 0.3) is 54.7 Å². The zero-order valence-corrected chi connectivity index (χ0v) is 19.8. The van der Waals surface area contributed by atoms with Gasteiger partial charge in [-0.1, -0.05) is 64.1 Å². The Kier molecular flexibility index (Phi) is 4.70. The number of halogens is 1. The van der Waals surface area contributed by atoms with E-state index in [1.54, 1.807) is 6.07 Å². The van der Waals surface area contributed by atoms with Crippen LogP contribution in [0, 0.1) is 5.82 Å². The molecule has 0 radical (unpaired) electrons. The Morgan fingerprint density at radius 2 is 1.44 bits per heavy atom. The average Bonchev–Trinajstić information content (AvgIpc) is 3.21. The number of hydrogen-bond acceptors (Lipinski definition) is 2. The molecule has 0 N–H and O–H groups in total. The molecule has 0 spiro atoms. The molecule has 0 unspecified atom stereocenters. The van der Waals surface area contributed by atoms with Crippen LogP contribution in [0.3, 0.4) is 0 Å². The lowest BCUT2D eigenvalue weighted by Crippen LogP contribution is -1.92. The van der Waals surface area contributed by atoms with E-state index in [1.165, 1.54) is 17.2 Å². The largest absolute Gasteiger partial charge is 0.455 e. The van der Waals surface area contributed by atoms with Crippen molar-refractivity contribution in [1.29, 1.82) is 0 Å². The van der Waals surface area contributed by atoms with Gasteiger partial charge < -0.3 is 4.42 Å². The molecule has 0 atom stereocenters. The standard InChI is InChI=1S/C31H26FNO/c1-17(2)22-6-5-7-25-28-15-20(14-26(18(3)4)31(28)34-30(22)25)29-24-11-9-19-8-10-21(32)16-27(19)23(24)12-13-33-29/h5-18H,1-4H3. The van der Waals surface area contributed by atoms with Crippen molar-refractivity contribution in [3.05, 3.63) is 89.9 Å². The fraction of sp³-hybridized carbons (Fsp3) is 0.194. The highest BCUT2D eigenvalue weighted by molar-refractivity contribution is 6.13. The van der Waals surface area contributed by atoms with Crippen LogP contribution in [0.4, 0.5) is 4.39 Å². The first-order valence-corrected chi connectivity index (χ1v) is 11.9. The third kappa shape index (κ3) is 3.11. The zero-order valence-electron chi connectivity index (χ0n) is 19.8. The van der Waals surface area contributed by atoms with Crippen LogP contribution >= 0.6 is 0 Å². The molecule has 0 aliphatic carbocycles. The summed E-state index contributed by atoms with van der Waals surface area (Å²) in [7, 11) is 0. The second-order valence-corrected chi connectivity index (χ2v) is 9.76. The van der Waals surface area contributed by atoms with Gasteiger partial charge >= 0.3 is 0 Å². The van der Waals surface area contributed by atoms with E-state index >= 15 is 0 Å². The minimum atomic E-state index is -0.229. The maximum atomic E-state index is 14.1. The first kappa shape index (κ1) is 20.9. The van der Waals surface area contributed by atoms with Gasteiger partial charge in [-0.3, -0.25) is 4.98 Å². The molecule has 2 heterocycles. The molecular formula is C31H26FNO. The number of para-hydroxylation sites is 1. The number of pyridine rings is 1. The number of fused-ring (bicyclic) bond motifs is 6. The molecule has 0 aliphatic heterocycles. The molecule has 2 nitrogen and oxygen atoms in total. The minimum Gasteiger partial charge on any atom is -0.455 e. The summed E-state index contributed by atoms with van der Waals surface area (Å²) in [5.74, 6) is 0.433. The molecule has 2 aromatic heterocycles. The second kappa shape index (κ2) is 7.66. The monoisotopic (exact) mass is 447 g/mol. The maximum absolute atomic E-state index is 14.1.